The molecule has 0 radical (unpaired) electrons. The van der Waals surface area contributed by atoms with E-state index in [2.05, 4.69) is 32.2 Å². The van der Waals surface area contributed by atoms with Gasteiger partial charge in [-0.25, -0.2) is 14.5 Å². The number of hydrogen-bond donors (Lipinski definition) is 1. The molecule has 22 heavy (non-hydrogen) atoms. The van der Waals surface area contributed by atoms with Gasteiger partial charge in [0.1, 0.15) is 0 Å². The van der Waals surface area contributed by atoms with Crippen molar-refractivity contribution in [2.45, 2.75) is 13.8 Å². The molecule has 4 aromatic rings. The van der Waals surface area contributed by atoms with E-state index in [0.29, 0.717) is 0 Å². The van der Waals surface area contributed by atoms with Crippen LogP contribution in [-0.4, -0.2) is 24.6 Å². The van der Waals surface area contributed by atoms with E-state index >= 15 is 0 Å². The second kappa shape index (κ2) is 4.80. The molecule has 4 rings (SSSR count). The highest BCUT2D eigenvalue weighted by molar-refractivity contribution is 5.84. The van der Waals surface area contributed by atoms with Crippen LogP contribution in [0.1, 0.15) is 11.4 Å². The molecule has 1 N–H and O–H groups in total. The van der Waals surface area contributed by atoms with E-state index in [0.717, 1.165) is 39.5 Å². The van der Waals surface area contributed by atoms with Crippen LogP contribution in [0.2, 0.25) is 0 Å². The molecule has 3 aromatic heterocycles. The molecule has 0 aliphatic rings. The lowest BCUT2D eigenvalue weighted by Gasteiger charge is -2.04. The lowest BCUT2D eigenvalue weighted by atomic mass is 10.1. The number of hydrogen-bond acceptors (Lipinski definition) is 3. The lowest BCUT2D eigenvalue weighted by molar-refractivity contribution is 0.886. The van der Waals surface area contributed by atoms with E-state index in [1.165, 1.54) is 0 Å². The fourth-order valence-electron chi connectivity index (χ4n) is 2.76. The number of fused-ring (bicyclic) bond motifs is 1. The van der Waals surface area contributed by atoms with Gasteiger partial charge in [-0.15, -0.1) is 0 Å². The molecule has 5 heteroatoms. The highest BCUT2D eigenvalue weighted by atomic mass is 15.3. The standard InChI is InChI=1S/C17H15N5/c1-11-8-12(2)22-17(21-11)14(9-20-22)16-15(18-10-19-16)13-6-4-3-5-7-13/h3-10H,1-2H3,(H,18,19). The fourth-order valence-corrected chi connectivity index (χ4v) is 2.76. The summed E-state index contributed by atoms with van der Waals surface area (Å²) in [6.07, 6.45) is 3.55. The van der Waals surface area contributed by atoms with E-state index in [-0.39, 0.29) is 0 Å². The number of aryl methyl sites for hydroxylation is 2. The van der Waals surface area contributed by atoms with Crippen molar-refractivity contribution in [2.24, 2.45) is 0 Å². The summed E-state index contributed by atoms with van der Waals surface area (Å²) in [6, 6.07) is 12.1. The van der Waals surface area contributed by atoms with Crippen LogP contribution >= 0.6 is 0 Å². The van der Waals surface area contributed by atoms with Crippen molar-refractivity contribution in [3.63, 3.8) is 0 Å². The van der Waals surface area contributed by atoms with Gasteiger partial charge >= 0.3 is 0 Å². The van der Waals surface area contributed by atoms with Gasteiger partial charge < -0.3 is 4.98 Å². The Bertz CT molecular complexity index is 950. The van der Waals surface area contributed by atoms with Gasteiger partial charge in [0, 0.05) is 17.0 Å². The van der Waals surface area contributed by atoms with Crippen LogP contribution in [0.25, 0.3) is 28.2 Å². The van der Waals surface area contributed by atoms with Gasteiger partial charge in [-0.05, 0) is 19.9 Å². The maximum atomic E-state index is 4.64. The summed E-state index contributed by atoms with van der Waals surface area (Å²) in [7, 11) is 0. The zero-order chi connectivity index (χ0) is 15.1. The predicted octanol–water partition coefficient (Wildman–Crippen LogP) is 3.40. The Kier molecular flexibility index (Phi) is 2.79. The number of nitrogens with one attached hydrogen (secondary N) is 1. The summed E-state index contributed by atoms with van der Waals surface area (Å²) >= 11 is 0. The first-order chi connectivity index (χ1) is 10.7. The van der Waals surface area contributed by atoms with E-state index in [9.17, 15) is 0 Å². The Labute approximate surface area is 127 Å². The molecule has 3 heterocycles. The average molecular weight is 289 g/mol. The summed E-state index contributed by atoms with van der Waals surface area (Å²) in [5.41, 5.74) is 6.78. The quantitative estimate of drug-likeness (QED) is 0.615. The van der Waals surface area contributed by atoms with Crippen LogP contribution in [0, 0.1) is 13.8 Å². The van der Waals surface area contributed by atoms with Crippen molar-refractivity contribution in [3.05, 3.63) is 60.3 Å². The molecule has 0 saturated heterocycles. The number of aromatic nitrogens is 5. The van der Waals surface area contributed by atoms with Gasteiger partial charge in [0.2, 0.25) is 0 Å². The third-order valence-electron chi connectivity index (χ3n) is 3.73. The third kappa shape index (κ3) is 1.90. The van der Waals surface area contributed by atoms with E-state index in [4.69, 9.17) is 0 Å². The molecule has 0 aliphatic heterocycles. The number of nitrogens with zero attached hydrogens (tertiary/aromatic N) is 4. The molecule has 1 aromatic carbocycles. The molecule has 108 valence electrons. The van der Waals surface area contributed by atoms with Gasteiger partial charge in [0.25, 0.3) is 0 Å². The highest BCUT2D eigenvalue weighted by Gasteiger charge is 2.16. The summed E-state index contributed by atoms with van der Waals surface area (Å²) in [6.45, 7) is 4.03. The number of benzene rings is 1. The maximum absolute atomic E-state index is 4.64. The summed E-state index contributed by atoms with van der Waals surface area (Å²) in [5, 5.41) is 4.46. The van der Waals surface area contributed by atoms with Crippen molar-refractivity contribution in [1.29, 1.82) is 0 Å². The second-order valence-corrected chi connectivity index (χ2v) is 5.32. The van der Waals surface area contributed by atoms with Crippen molar-refractivity contribution < 1.29 is 0 Å². The summed E-state index contributed by atoms with van der Waals surface area (Å²) in [5.74, 6) is 0. The number of aromatic amines is 1. The first kappa shape index (κ1) is 12.8. The van der Waals surface area contributed by atoms with Gasteiger partial charge in [-0.2, -0.15) is 5.10 Å². The molecule has 0 saturated carbocycles. The normalized spacial score (nSPS) is 11.2. The zero-order valence-corrected chi connectivity index (χ0v) is 12.4. The molecule has 0 spiro atoms. The molecule has 0 amide bonds. The Morgan fingerprint density at radius 1 is 1.09 bits per heavy atom. The molecule has 5 nitrogen and oxygen atoms in total. The molecule has 0 unspecified atom stereocenters. The maximum Gasteiger partial charge on any atom is 0.164 e. The Morgan fingerprint density at radius 2 is 1.91 bits per heavy atom. The van der Waals surface area contributed by atoms with Crippen LogP contribution < -0.4 is 0 Å². The first-order valence-corrected chi connectivity index (χ1v) is 7.15. The van der Waals surface area contributed by atoms with Crippen LogP contribution in [0.5, 0.6) is 0 Å². The monoisotopic (exact) mass is 289 g/mol. The topological polar surface area (TPSA) is 58.9 Å². The molecular weight excluding hydrogens is 274 g/mol. The van der Waals surface area contributed by atoms with Crippen molar-refractivity contribution in [3.8, 4) is 22.5 Å². The summed E-state index contributed by atoms with van der Waals surface area (Å²) < 4.78 is 1.86. The largest absolute Gasteiger partial charge is 0.344 e. The van der Waals surface area contributed by atoms with Crippen molar-refractivity contribution in [1.82, 2.24) is 24.6 Å². The summed E-state index contributed by atoms with van der Waals surface area (Å²) in [4.78, 5) is 12.3. The predicted molar refractivity (Wildman–Crippen MR) is 85.5 cm³/mol. The molecule has 0 fully saturated rings. The number of rotatable bonds is 2. The van der Waals surface area contributed by atoms with Crippen LogP contribution in [-0.2, 0) is 0 Å². The SMILES string of the molecule is Cc1cc(C)n2ncc(-c3[nH]cnc3-c3ccccc3)c2n1. The highest BCUT2D eigenvalue weighted by Crippen LogP contribution is 2.31. The minimum Gasteiger partial charge on any atom is -0.344 e. The second-order valence-electron chi connectivity index (χ2n) is 5.32. The molecule has 0 atom stereocenters. The minimum atomic E-state index is 0.846. The van der Waals surface area contributed by atoms with Gasteiger partial charge in [-0.3, -0.25) is 0 Å². The third-order valence-corrected chi connectivity index (χ3v) is 3.73. The van der Waals surface area contributed by atoms with Crippen LogP contribution in [0.15, 0.2) is 48.9 Å². The number of imidazole rings is 1. The van der Waals surface area contributed by atoms with E-state index < -0.39 is 0 Å². The average Bonchev–Trinajstić information content (AvgIpc) is 3.14. The van der Waals surface area contributed by atoms with E-state index in [1.807, 2.05) is 48.8 Å². The van der Waals surface area contributed by atoms with Crippen molar-refractivity contribution >= 4 is 5.65 Å². The zero-order valence-electron chi connectivity index (χ0n) is 12.4. The van der Waals surface area contributed by atoms with Crippen molar-refractivity contribution in [2.75, 3.05) is 0 Å². The molecule has 0 bridgehead atoms. The van der Waals surface area contributed by atoms with Crippen LogP contribution in [0.3, 0.4) is 0 Å². The Hall–Kier alpha value is -2.95. The number of H-pyrrole nitrogens is 1. The smallest absolute Gasteiger partial charge is 0.164 e. The minimum absolute atomic E-state index is 0.846. The lowest BCUT2D eigenvalue weighted by Crippen LogP contribution is -1.97. The Morgan fingerprint density at radius 3 is 2.73 bits per heavy atom. The van der Waals surface area contributed by atoms with Crippen LogP contribution in [0.4, 0.5) is 0 Å². The molecule has 0 aliphatic carbocycles. The van der Waals surface area contributed by atoms with Gasteiger partial charge in [0.15, 0.2) is 5.65 Å². The molecular formula is C17H15N5. The van der Waals surface area contributed by atoms with E-state index in [1.54, 1.807) is 6.33 Å². The Balaban J connectivity index is 1.96. The first-order valence-electron chi connectivity index (χ1n) is 7.15. The van der Waals surface area contributed by atoms with Gasteiger partial charge in [-0.1, -0.05) is 30.3 Å². The fraction of sp³-hybridized carbons (Fsp3) is 0.118. The van der Waals surface area contributed by atoms with Gasteiger partial charge in [0.05, 0.1) is 29.5 Å².